The highest BCUT2D eigenvalue weighted by Crippen LogP contribution is 2.38. The second-order valence-electron chi connectivity index (χ2n) is 4.92. The number of nitro groups is 1. The molecular weight excluding hydrogens is 278 g/mol. The molecule has 0 aromatic heterocycles. The Morgan fingerprint density at radius 1 is 1.55 bits per heavy atom. The molecule has 7 heteroatoms. The standard InChI is InChI=1S/C13H17N3O3S/c1-14(2)5-6-15-11(8-17)9-20-13-7-10(16(18)19)3-4-12(13)15/h3-4,7-8,11H,5-6,9H2,1-2H3. The lowest BCUT2D eigenvalue weighted by molar-refractivity contribution is -0.385. The molecule has 1 heterocycles. The molecule has 0 fully saturated rings. The van der Waals surface area contributed by atoms with Crippen LogP contribution >= 0.6 is 11.8 Å². The molecule has 0 amide bonds. The molecule has 1 aliphatic heterocycles. The van der Waals surface area contributed by atoms with E-state index < -0.39 is 4.92 Å². The van der Waals surface area contributed by atoms with Gasteiger partial charge in [-0.3, -0.25) is 10.1 Å². The minimum atomic E-state index is -0.392. The number of carbonyl (C=O) groups is 1. The summed E-state index contributed by atoms with van der Waals surface area (Å²) in [6.07, 6.45) is 0.951. The third-order valence-electron chi connectivity index (χ3n) is 3.22. The summed E-state index contributed by atoms with van der Waals surface area (Å²) in [6, 6.07) is 4.65. The Morgan fingerprint density at radius 2 is 2.30 bits per heavy atom. The topological polar surface area (TPSA) is 66.7 Å². The summed E-state index contributed by atoms with van der Waals surface area (Å²) in [5.41, 5.74) is 0.999. The van der Waals surface area contributed by atoms with Gasteiger partial charge in [-0.25, -0.2) is 0 Å². The molecule has 108 valence electrons. The van der Waals surface area contributed by atoms with Crippen LogP contribution in [0.5, 0.6) is 0 Å². The van der Waals surface area contributed by atoms with E-state index in [2.05, 4.69) is 4.90 Å². The number of anilines is 1. The van der Waals surface area contributed by atoms with Crippen molar-refractivity contribution in [2.24, 2.45) is 0 Å². The van der Waals surface area contributed by atoms with Gasteiger partial charge in [0, 0.05) is 35.9 Å². The van der Waals surface area contributed by atoms with Gasteiger partial charge in [0.25, 0.3) is 5.69 Å². The Bertz CT molecular complexity index is 522. The van der Waals surface area contributed by atoms with Crippen molar-refractivity contribution < 1.29 is 9.72 Å². The summed E-state index contributed by atoms with van der Waals surface area (Å²) in [7, 11) is 3.96. The van der Waals surface area contributed by atoms with E-state index in [4.69, 9.17) is 0 Å². The first-order valence-electron chi connectivity index (χ1n) is 6.31. The van der Waals surface area contributed by atoms with Crippen molar-refractivity contribution in [1.82, 2.24) is 4.90 Å². The Morgan fingerprint density at radius 3 is 2.90 bits per heavy atom. The van der Waals surface area contributed by atoms with Crippen LogP contribution in [0.1, 0.15) is 0 Å². The molecule has 6 nitrogen and oxygen atoms in total. The number of fused-ring (bicyclic) bond motifs is 1. The third kappa shape index (κ3) is 3.10. The molecule has 20 heavy (non-hydrogen) atoms. The summed E-state index contributed by atoms with van der Waals surface area (Å²) in [6.45, 7) is 1.55. The number of carbonyl (C=O) groups excluding carboxylic acids is 1. The van der Waals surface area contributed by atoms with Crippen molar-refractivity contribution in [2.75, 3.05) is 37.8 Å². The van der Waals surface area contributed by atoms with Gasteiger partial charge < -0.3 is 14.6 Å². The van der Waals surface area contributed by atoms with Crippen molar-refractivity contribution in [3.63, 3.8) is 0 Å². The molecule has 1 unspecified atom stereocenters. The van der Waals surface area contributed by atoms with E-state index in [1.165, 1.54) is 17.8 Å². The third-order valence-corrected chi connectivity index (χ3v) is 4.36. The highest BCUT2D eigenvalue weighted by atomic mass is 32.2. The van der Waals surface area contributed by atoms with E-state index in [1.54, 1.807) is 12.1 Å². The Hall–Kier alpha value is -1.60. The number of non-ortho nitro benzene ring substituents is 1. The van der Waals surface area contributed by atoms with Gasteiger partial charge in [0.05, 0.1) is 16.7 Å². The largest absolute Gasteiger partial charge is 0.359 e. The number of hydrogen-bond acceptors (Lipinski definition) is 6. The van der Waals surface area contributed by atoms with Crippen LogP contribution in [0.4, 0.5) is 11.4 Å². The molecular formula is C13H17N3O3S. The van der Waals surface area contributed by atoms with E-state index in [0.29, 0.717) is 5.75 Å². The quantitative estimate of drug-likeness (QED) is 0.467. The second kappa shape index (κ2) is 6.23. The number of nitro benzene ring substituents is 1. The predicted molar refractivity (Wildman–Crippen MR) is 79.6 cm³/mol. The zero-order valence-electron chi connectivity index (χ0n) is 11.5. The lowest BCUT2D eigenvalue weighted by Gasteiger charge is -2.36. The average molecular weight is 295 g/mol. The maximum absolute atomic E-state index is 11.2. The lowest BCUT2D eigenvalue weighted by Crippen LogP contribution is -2.44. The molecule has 1 atom stereocenters. The fourth-order valence-electron chi connectivity index (χ4n) is 2.12. The van der Waals surface area contributed by atoms with Crippen LogP contribution in [0, 0.1) is 10.1 Å². The first kappa shape index (κ1) is 14.8. The van der Waals surface area contributed by atoms with Crippen molar-refractivity contribution in [3.05, 3.63) is 28.3 Å². The van der Waals surface area contributed by atoms with Crippen molar-refractivity contribution >= 4 is 29.4 Å². The van der Waals surface area contributed by atoms with E-state index in [9.17, 15) is 14.9 Å². The first-order chi connectivity index (χ1) is 9.52. The van der Waals surface area contributed by atoms with Crippen LogP contribution < -0.4 is 4.90 Å². The smallest absolute Gasteiger partial charge is 0.270 e. The zero-order chi connectivity index (χ0) is 14.7. The van der Waals surface area contributed by atoms with E-state index in [1.807, 2.05) is 19.0 Å². The number of hydrogen-bond donors (Lipinski definition) is 0. The Kier molecular flexibility index (Phi) is 4.61. The zero-order valence-corrected chi connectivity index (χ0v) is 12.3. The monoisotopic (exact) mass is 295 g/mol. The van der Waals surface area contributed by atoms with Crippen LogP contribution in [0.25, 0.3) is 0 Å². The lowest BCUT2D eigenvalue weighted by atomic mass is 10.2. The fraction of sp³-hybridized carbons (Fsp3) is 0.462. The van der Waals surface area contributed by atoms with E-state index >= 15 is 0 Å². The Labute approximate surface area is 121 Å². The number of rotatable bonds is 5. The molecule has 0 bridgehead atoms. The number of aldehydes is 1. The van der Waals surface area contributed by atoms with Crippen molar-refractivity contribution in [3.8, 4) is 0 Å². The van der Waals surface area contributed by atoms with Gasteiger partial charge >= 0.3 is 0 Å². The molecule has 0 saturated heterocycles. The van der Waals surface area contributed by atoms with Crippen molar-refractivity contribution in [2.45, 2.75) is 10.9 Å². The molecule has 1 aromatic rings. The number of likely N-dealkylation sites (N-methyl/N-ethyl adjacent to an activating group) is 1. The molecule has 0 saturated carbocycles. The van der Waals surface area contributed by atoms with Gasteiger partial charge in [0.2, 0.25) is 0 Å². The van der Waals surface area contributed by atoms with Crippen LogP contribution in [0.15, 0.2) is 23.1 Å². The van der Waals surface area contributed by atoms with Crippen LogP contribution in [0.3, 0.4) is 0 Å². The van der Waals surface area contributed by atoms with Crippen LogP contribution in [0.2, 0.25) is 0 Å². The van der Waals surface area contributed by atoms with Gasteiger partial charge in [-0.2, -0.15) is 0 Å². The fourth-order valence-corrected chi connectivity index (χ4v) is 3.27. The highest BCUT2D eigenvalue weighted by Gasteiger charge is 2.27. The van der Waals surface area contributed by atoms with Gasteiger partial charge in [-0.1, -0.05) is 0 Å². The molecule has 2 rings (SSSR count). The Balaban J connectivity index is 2.30. The summed E-state index contributed by atoms with van der Waals surface area (Å²) < 4.78 is 0. The van der Waals surface area contributed by atoms with Crippen LogP contribution in [-0.2, 0) is 4.79 Å². The minimum Gasteiger partial charge on any atom is -0.359 e. The average Bonchev–Trinajstić information content (AvgIpc) is 2.43. The molecule has 1 aromatic carbocycles. The van der Waals surface area contributed by atoms with Crippen LogP contribution in [-0.4, -0.2) is 55.1 Å². The maximum Gasteiger partial charge on any atom is 0.270 e. The van der Waals surface area contributed by atoms with Gasteiger partial charge in [-0.15, -0.1) is 11.8 Å². The molecule has 1 aliphatic rings. The maximum atomic E-state index is 11.2. The SMILES string of the molecule is CN(C)CCN1c2ccc([N+](=O)[O-])cc2SCC1C=O. The molecule has 0 spiro atoms. The molecule has 0 aliphatic carbocycles. The predicted octanol–water partition coefficient (Wildman–Crippen LogP) is 1.64. The normalized spacial score (nSPS) is 17.9. The molecule has 0 N–H and O–H groups in total. The summed E-state index contributed by atoms with van der Waals surface area (Å²) in [4.78, 5) is 26.6. The summed E-state index contributed by atoms with van der Waals surface area (Å²) >= 11 is 1.50. The molecule has 0 radical (unpaired) electrons. The van der Waals surface area contributed by atoms with Gasteiger partial charge in [-0.05, 0) is 20.2 Å². The van der Waals surface area contributed by atoms with Crippen molar-refractivity contribution in [1.29, 1.82) is 0 Å². The van der Waals surface area contributed by atoms with Gasteiger partial charge in [0.1, 0.15) is 6.29 Å². The minimum absolute atomic E-state index is 0.0911. The number of thioether (sulfide) groups is 1. The second-order valence-corrected chi connectivity index (χ2v) is 5.98. The first-order valence-corrected chi connectivity index (χ1v) is 7.29. The highest BCUT2D eigenvalue weighted by molar-refractivity contribution is 7.99. The van der Waals surface area contributed by atoms with E-state index in [0.717, 1.165) is 30.0 Å². The van der Waals surface area contributed by atoms with E-state index in [-0.39, 0.29) is 11.7 Å². The summed E-state index contributed by atoms with van der Waals surface area (Å²) in [5.74, 6) is 0.630. The number of benzene rings is 1. The number of nitrogens with zero attached hydrogens (tertiary/aromatic N) is 3. The summed E-state index contributed by atoms with van der Waals surface area (Å²) in [5, 5.41) is 10.8. The van der Waals surface area contributed by atoms with Gasteiger partial charge in [0.15, 0.2) is 0 Å².